The molecule has 11 nitrogen and oxygen atoms in total. The van der Waals surface area contributed by atoms with E-state index in [4.69, 9.17) is 4.74 Å². The smallest absolute Gasteiger partial charge is 0.410 e. The van der Waals surface area contributed by atoms with Crippen LogP contribution in [0.2, 0.25) is 0 Å². The van der Waals surface area contributed by atoms with Gasteiger partial charge in [-0.2, -0.15) is 5.26 Å². The van der Waals surface area contributed by atoms with Gasteiger partial charge in [0, 0.05) is 31.1 Å². The van der Waals surface area contributed by atoms with Gasteiger partial charge in [-0.25, -0.2) is 27.3 Å². The Kier molecular flexibility index (Phi) is 9.85. The van der Waals surface area contributed by atoms with Crippen molar-refractivity contribution < 1.29 is 41.5 Å². The summed E-state index contributed by atoms with van der Waals surface area (Å²) in [6.45, 7) is 5.35. The van der Waals surface area contributed by atoms with E-state index < -0.39 is 96.7 Å². The van der Waals surface area contributed by atoms with Crippen LogP contribution in [0.5, 0.6) is 0 Å². The highest BCUT2D eigenvalue weighted by Crippen LogP contribution is 2.39. The summed E-state index contributed by atoms with van der Waals surface area (Å²) in [5, 5.41) is 12.1. The number of hydrogen-bond acceptors (Lipinski definition) is 7. The van der Waals surface area contributed by atoms with E-state index in [1.165, 1.54) is 24.4 Å². The molecule has 0 bridgehead atoms. The second kappa shape index (κ2) is 13.8. The zero-order valence-corrected chi connectivity index (χ0v) is 27.6. The van der Waals surface area contributed by atoms with Gasteiger partial charge in [0.2, 0.25) is 11.8 Å². The topological polar surface area (TPSA) is 136 Å². The molecule has 1 N–H and O–H groups in total. The molecule has 5 rings (SSSR count). The third kappa shape index (κ3) is 7.85. The molecule has 1 saturated carbocycles. The second-order valence-electron chi connectivity index (χ2n) is 13.2. The van der Waals surface area contributed by atoms with Crippen LogP contribution in [0.1, 0.15) is 56.3 Å². The van der Waals surface area contributed by atoms with E-state index in [-0.39, 0.29) is 16.9 Å². The largest absolute Gasteiger partial charge is 0.444 e. The fourth-order valence-corrected chi connectivity index (χ4v) is 5.91. The van der Waals surface area contributed by atoms with Gasteiger partial charge in [0.25, 0.3) is 11.8 Å². The van der Waals surface area contributed by atoms with Gasteiger partial charge in [0.1, 0.15) is 41.7 Å². The maximum atomic E-state index is 15.1. The maximum Gasteiger partial charge on any atom is 0.410 e. The average molecular weight is 695 g/mol. The molecule has 0 spiro atoms. The molecule has 2 aromatic carbocycles. The summed E-state index contributed by atoms with van der Waals surface area (Å²) in [6.07, 6.45) is -1.01. The summed E-state index contributed by atoms with van der Waals surface area (Å²) in [7, 11) is 0. The number of nitriles is 1. The van der Waals surface area contributed by atoms with Crippen molar-refractivity contribution in [2.75, 3.05) is 22.9 Å². The van der Waals surface area contributed by atoms with Crippen molar-refractivity contribution in [3.63, 3.8) is 0 Å². The lowest BCUT2D eigenvalue weighted by Gasteiger charge is -2.43. The Morgan fingerprint density at radius 3 is 2.34 bits per heavy atom. The molecule has 1 aromatic heterocycles. The van der Waals surface area contributed by atoms with E-state index in [9.17, 15) is 37.2 Å². The highest BCUT2D eigenvalue weighted by Gasteiger charge is 2.49. The number of carbonyl (C=O) groups excluding carboxylic acids is 4. The molecule has 0 radical (unpaired) electrons. The molecule has 1 aliphatic heterocycles. The monoisotopic (exact) mass is 694 g/mol. The van der Waals surface area contributed by atoms with E-state index in [0.717, 1.165) is 26.8 Å². The van der Waals surface area contributed by atoms with E-state index >= 15 is 4.79 Å². The second-order valence-corrected chi connectivity index (χ2v) is 13.2. The van der Waals surface area contributed by atoms with Gasteiger partial charge < -0.3 is 10.1 Å². The van der Waals surface area contributed by atoms with Gasteiger partial charge in [-0.1, -0.05) is 24.3 Å². The van der Waals surface area contributed by atoms with Crippen LogP contribution in [0.4, 0.5) is 33.9 Å². The van der Waals surface area contributed by atoms with Gasteiger partial charge in [-0.3, -0.25) is 29.1 Å². The minimum absolute atomic E-state index is 0.0853. The molecule has 1 aliphatic carbocycles. The predicted octanol–water partition coefficient (Wildman–Crippen LogP) is 5.18. The van der Waals surface area contributed by atoms with Crippen LogP contribution in [0, 0.1) is 29.9 Å². The molecule has 4 amide bonds. The Morgan fingerprint density at radius 2 is 1.74 bits per heavy atom. The molecule has 2 heterocycles. The molecule has 50 heavy (non-hydrogen) atoms. The van der Waals surface area contributed by atoms with Crippen molar-refractivity contribution in [2.45, 2.75) is 70.2 Å². The standard InChI is InChI=1S/C35H34F4N6O5/c1-20-7-5-6-8-26(20)30(31(47)42-24-15-35(38,39)16-24)44(25-13-22(36)12-23(37)14-25)32(48)27-18-43(33(49)50-34(2,3)4)19-29(46)45(27)28-11-21(17-40)9-10-41-28/h5-14,24,27,30H,15-16,18-19H2,1-4H3,(H,42,47)/t27-,30-/m0/s1. The third-order valence-electron chi connectivity index (χ3n) is 8.15. The van der Waals surface area contributed by atoms with Crippen LogP contribution < -0.4 is 15.1 Å². The number of ether oxygens (including phenoxy) is 1. The number of aryl methyl sites for hydroxylation is 1. The van der Waals surface area contributed by atoms with E-state index in [0.29, 0.717) is 11.6 Å². The molecule has 2 atom stereocenters. The number of benzene rings is 2. The minimum atomic E-state index is -3.00. The number of amides is 4. The maximum absolute atomic E-state index is 15.1. The fraction of sp³-hybridized carbons (Fsp3) is 0.371. The Balaban J connectivity index is 1.69. The molecular formula is C35H34F4N6O5. The molecular weight excluding hydrogens is 660 g/mol. The first-order valence-electron chi connectivity index (χ1n) is 15.7. The number of anilines is 2. The number of aromatic nitrogens is 1. The van der Waals surface area contributed by atoms with Crippen LogP contribution in [0.3, 0.4) is 0 Å². The van der Waals surface area contributed by atoms with Gasteiger partial charge >= 0.3 is 6.09 Å². The summed E-state index contributed by atoms with van der Waals surface area (Å²) in [4.78, 5) is 63.2. The number of carbonyl (C=O) groups is 4. The first kappa shape index (κ1) is 35.8. The van der Waals surface area contributed by atoms with Crippen molar-refractivity contribution in [2.24, 2.45) is 0 Å². The normalized spacial score (nSPS) is 18.1. The van der Waals surface area contributed by atoms with Crippen LogP contribution in [-0.4, -0.2) is 70.4 Å². The molecule has 0 unspecified atom stereocenters. The lowest BCUT2D eigenvalue weighted by Crippen LogP contribution is -2.65. The Bertz CT molecular complexity index is 1850. The minimum Gasteiger partial charge on any atom is -0.444 e. The highest BCUT2D eigenvalue weighted by atomic mass is 19.3. The zero-order valence-electron chi connectivity index (χ0n) is 27.6. The number of pyridine rings is 1. The average Bonchev–Trinajstić information content (AvgIpc) is 3.01. The third-order valence-corrected chi connectivity index (χ3v) is 8.15. The summed E-state index contributed by atoms with van der Waals surface area (Å²) in [6, 6.07) is 8.71. The van der Waals surface area contributed by atoms with E-state index in [1.54, 1.807) is 45.9 Å². The van der Waals surface area contributed by atoms with Crippen LogP contribution >= 0.6 is 0 Å². The number of alkyl halides is 2. The number of piperazine rings is 1. The molecule has 2 fully saturated rings. The first-order valence-corrected chi connectivity index (χ1v) is 15.7. The number of rotatable bonds is 7. The number of halogens is 4. The van der Waals surface area contributed by atoms with Gasteiger partial charge in [-0.05, 0) is 63.1 Å². The molecule has 1 saturated heterocycles. The fourth-order valence-electron chi connectivity index (χ4n) is 5.91. The molecule has 3 aromatic rings. The Hall–Kier alpha value is -5.52. The molecule has 262 valence electrons. The van der Waals surface area contributed by atoms with Crippen molar-refractivity contribution in [3.8, 4) is 6.07 Å². The summed E-state index contributed by atoms with van der Waals surface area (Å²) < 4.78 is 62.8. The van der Waals surface area contributed by atoms with Crippen LogP contribution in [0.25, 0.3) is 0 Å². The SMILES string of the molecule is Cc1ccccc1[C@@H](C(=O)NC1CC(F)(F)C1)N(C(=O)[C@@H]1CN(C(=O)OC(C)(C)C)CC(=O)N1c1cc(C#N)ccn1)c1cc(F)cc(F)c1. The van der Waals surface area contributed by atoms with Gasteiger partial charge in [-0.15, -0.1) is 0 Å². The van der Waals surface area contributed by atoms with Crippen molar-refractivity contribution in [1.29, 1.82) is 5.26 Å². The summed E-state index contributed by atoms with van der Waals surface area (Å²) >= 11 is 0. The zero-order chi connectivity index (χ0) is 36.5. The molecule has 15 heteroatoms. The predicted molar refractivity (Wildman–Crippen MR) is 172 cm³/mol. The van der Waals surface area contributed by atoms with Gasteiger partial charge in [0.15, 0.2) is 0 Å². The number of nitrogens with zero attached hydrogens (tertiary/aromatic N) is 5. The van der Waals surface area contributed by atoms with Crippen LogP contribution in [0.15, 0.2) is 60.8 Å². The van der Waals surface area contributed by atoms with Crippen LogP contribution in [-0.2, 0) is 19.1 Å². The van der Waals surface area contributed by atoms with Gasteiger partial charge in [0.05, 0.1) is 23.9 Å². The highest BCUT2D eigenvalue weighted by molar-refractivity contribution is 6.10. The van der Waals surface area contributed by atoms with E-state index in [2.05, 4.69) is 10.3 Å². The summed E-state index contributed by atoms with van der Waals surface area (Å²) in [5.41, 5.74) is -0.679. The van der Waals surface area contributed by atoms with E-state index in [1.807, 2.05) is 6.07 Å². The molecule has 2 aliphatic rings. The van der Waals surface area contributed by atoms with Crippen molar-refractivity contribution in [3.05, 3.63) is 89.1 Å². The Morgan fingerprint density at radius 1 is 1.08 bits per heavy atom. The number of nitrogens with one attached hydrogen (secondary N) is 1. The lowest BCUT2D eigenvalue weighted by atomic mass is 9.87. The lowest BCUT2D eigenvalue weighted by molar-refractivity contribution is -0.133. The number of hydrogen-bond donors (Lipinski definition) is 1. The van der Waals surface area contributed by atoms with Crippen molar-refractivity contribution >= 4 is 35.3 Å². The van der Waals surface area contributed by atoms with Crippen molar-refractivity contribution in [1.82, 2.24) is 15.2 Å². The Labute approximate surface area is 285 Å². The first-order chi connectivity index (χ1) is 23.5. The summed E-state index contributed by atoms with van der Waals surface area (Å²) in [5.74, 6) is -8.18. The quantitative estimate of drug-likeness (QED) is 0.337.